The van der Waals surface area contributed by atoms with Crippen LogP contribution in [-0.2, 0) is 11.2 Å². The molecule has 1 atom stereocenters. The van der Waals surface area contributed by atoms with E-state index in [4.69, 9.17) is 5.73 Å². The predicted molar refractivity (Wildman–Crippen MR) is 72.1 cm³/mol. The van der Waals surface area contributed by atoms with Crippen LogP contribution in [0.5, 0.6) is 0 Å². The van der Waals surface area contributed by atoms with Crippen LogP contribution >= 0.6 is 0 Å². The molecule has 0 saturated carbocycles. The molecule has 0 aliphatic rings. The van der Waals surface area contributed by atoms with Gasteiger partial charge in [-0.1, -0.05) is 45.0 Å². The number of hydrogen-bond acceptors (Lipinski definition) is 2. The smallest absolute Gasteiger partial charge is 0.156 e. The minimum absolute atomic E-state index is 0.109. The van der Waals surface area contributed by atoms with E-state index in [9.17, 15) is 4.79 Å². The largest absolute Gasteiger partial charge is 0.319 e. The van der Waals surface area contributed by atoms with Gasteiger partial charge >= 0.3 is 0 Å². The highest BCUT2D eigenvalue weighted by molar-refractivity contribution is 5.89. The molecule has 0 bridgehead atoms. The lowest BCUT2D eigenvalue weighted by molar-refractivity contribution is -0.123. The molecule has 2 heteroatoms. The van der Waals surface area contributed by atoms with Crippen LogP contribution in [0, 0.1) is 0 Å². The molecule has 17 heavy (non-hydrogen) atoms. The van der Waals surface area contributed by atoms with Crippen molar-refractivity contribution < 1.29 is 4.79 Å². The van der Waals surface area contributed by atoms with E-state index in [2.05, 4.69) is 26.0 Å². The van der Waals surface area contributed by atoms with E-state index in [1.54, 1.807) is 6.92 Å². The van der Waals surface area contributed by atoms with Crippen molar-refractivity contribution in [3.05, 3.63) is 35.4 Å². The molecule has 1 unspecified atom stereocenters. The fraction of sp³-hybridized carbons (Fsp3) is 0.533. The number of ketones is 1. The van der Waals surface area contributed by atoms with Crippen molar-refractivity contribution in [3.63, 3.8) is 0 Å². The number of rotatable bonds is 5. The Hall–Kier alpha value is -1.15. The Kier molecular flexibility index (Phi) is 4.47. The van der Waals surface area contributed by atoms with E-state index in [0.29, 0.717) is 18.8 Å². The Balaban J connectivity index is 2.73. The average Bonchev–Trinajstić information content (AvgIpc) is 2.29. The van der Waals surface area contributed by atoms with E-state index in [-0.39, 0.29) is 5.78 Å². The summed E-state index contributed by atoms with van der Waals surface area (Å²) in [6.45, 7) is 8.07. The summed E-state index contributed by atoms with van der Waals surface area (Å²) in [5.74, 6) is 0.632. The highest BCUT2D eigenvalue weighted by Gasteiger charge is 2.25. The summed E-state index contributed by atoms with van der Waals surface area (Å²) in [6, 6.07) is 8.23. The predicted octanol–water partition coefficient (Wildman–Crippen LogP) is 3.05. The standard InChI is InChI=1S/C15H23NO/c1-5-15(4,16)14(17)10-12-6-8-13(9-7-12)11(2)3/h6-9,11H,5,10,16H2,1-4H3. The molecule has 0 aliphatic heterocycles. The van der Waals surface area contributed by atoms with Crippen molar-refractivity contribution in [2.45, 2.75) is 52.0 Å². The van der Waals surface area contributed by atoms with Crippen LogP contribution < -0.4 is 5.73 Å². The fourth-order valence-corrected chi connectivity index (χ4v) is 1.60. The molecule has 0 radical (unpaired) electrons. The van der Waals surface area contributed by atoms with Gasteiger partial charge in [0.1, 0.15) is 0 Å². The third-order valence-corrected chi connectivity index (χ3v) is 3.38. The van der Waals surface area contributed by atoms with Gasteiger partial charge in [-0.3, -0.25) is 4.79 Å². The zero-order valence-corrected chi connectivity index (χ0v) is 11.3. The second kappa shape index (κ2) is 5.46. The second-order valence-corrected chi connectivity index (χ2v) is 5.27. The lowest BCUT2D eigenvalue weighted by Gasteiger charge is -2.20. The maximum atomic E-state index is 12.0. The van der Waals surface area contributed by atoms with Crippen LogP contribution in [0.25, 0.3) is 0 Å². The SMILES string of the molecule is CCC(C)(N)C(=O)Cc1ccc(C(C)C)cc1. The summed E-state index contributed by atoms with van der Waals surface area (Å²) in [6.07, 6.45) is 1.11. The molecule has 0 saturated heterocycles. The Labute approximate surface area is 104 Å². The van der Waals surface area contributed by atoms with Crippen LogP contribution in [0.1, 0.15) is 51.2 Å². The first kappa shape index (κ1) is 13.9. The minimum Gasteiger partial charge on any atom is -0.319 e. The maximum absolute atomic E-state index is 12.0. The quantitative estimate of drug-likeness (QED) is 0.849. The molecule has 1 aromatic carbocycles. The van der Waals surface area contributed by atoms with Crippen molar-refractivity contribution >= 4 is 5.78 Å². The van der Waals surface area contributed by atoms with Crippen molar-refractivity contribution in [1.29, 1.82) is 0 Å². The highest BCUT2D eigenvalue weighted by Crippen LogP contribution is 2.16. The first-order valence-corrected chi connectivity index (χ1v) is 6.28. The van der Waals surface area contributed by atoms with Crippen molar-refractivity contribution in [2.75, 3.05) is 0 Å². The minimum atomic E-state index is -0.698. The summed E-state index contributed by atoms with van der Waals surface area (Å²) in [5, 5.41) is 0. The molecule has 0 aliphatic carbocycles. The molecule has 0 spiro atoms. The number of benzene rings is 1. The zero-order chi connectivity index (χ0) is 13.1. The van der Waals surface area contributed by atoms with E-state index < -0.39 is 5.54 Å². The van der Waals surface area contributed by atoms with Crippen LogP contribution in [0.15, 0.2) is 24.3 Å². The number of hydrogen-bond donors (Lipinski definition) is 1. The number of nitrogens with two attached hydrogens (primary N) is 1. The normalized spacial score (nSPS) is 14.7. The summed E-state index contributed by atoms with van der Waals surface area (Å²) >= 11 is 0. The zero-order valence-electron chi connectivity index (χ0n) is 11.3. The van der Waals surface area contributed by atoms with Gasteiger partial charge in [0.15, 0.2) is 5.78 Å². The molecule has 2 nitrogen and oxygen atoms in total. The molecule has 2 N–H and O–H groups in total. The molecule has 0 aromatic heterocycles. The topological polar surface area (TPSA) is 43.1 Å². The summed E-state index contributed by atoms with van der Waals surface area (Å²) < 4.78 is 0. The van der Waals surface area contributed by atoms with Gasteiger partial charge in [-0.25, -0.2) is 0 Å². The Bertz CT molecular complexity index is 376. The van der Waals surface area contributed by atoms with Crippen LogP contribution in [-0.4, -0.2) is 11.3 Å². The Morgan fingerprint density at radius 2 is 1.82 bits per heavy atom. The lowest BCUT2D eigenvalue weighted by atomic mass is 9.90. The summed E-state index contributed by atoms with van der Waals surface area (Å²) in [5.41, 5.74) is 7.58. The van der Waals surface area contributed by atoms with E-state index >= 15 is 0 Å². The average molecular weight is 233 g/mol. The van der Waals surface area contributed by atoms with E-state index in [0.717, 1.165) is 5.56 Å². The first-order chi connectivity index (χ1) is 7.86. The molecule has 0 amide bonds. The van der Waals surface area contributed by atoms with Crippen LogP contribution in [0.4, 0.5) is 0 Å². The maximum Gasteiger partial charge on any atom is 0.156 e. The number of Topliss-reactive ketones (excluding diaryl/α,β-unsaturated/α-hetero) is 1. The lowest BCUT2D eigenvalue weighted by Crippen LogP contribution is -2.45. The Morgan fingerprint density at radius 1 is 1.29 bits per heavy atom. The van der Waals surface area contributed by atoms with Gasteiger partial charge in [0.2, 0.25) is 0 Å². The summed E-state index contributed by atoms with van der Waals surface area (Å²) in [7, 11) is 0. The van der Waals surface area contributed by atoms with Crippen LogP contribution in [0.3, 0.4) is 0 Å². The molecule has 0 heterocycles. The Morgan fingerprint density at radius 3 is 2.24 bits per heavy atom. The first-order valence-electron chi connectivity index (χ1n) is 6.28. The van der Waals surface area contributed by atoms with Gasteiger partial charge in [0, 0.05) is 6.42 Å². The molecule has 1 aromatic rings. The molecule has 0 fully saturated rings. The third kappa shape index (κ3) is 3.67. The second-order valence-electron chi connectivity index (χ2n) is 5.27. The monoisotopic (exact) mass is 233 g/mol. The van der Waals surface area contributed by atoms with E-state index in [1.165, 1.54) is 5.56 Å². The van der Waals surface area contributed by atoms with E-state index in [1.807, 2.05) is 19.1 Å². The molecule has 94 valence electrons. The number of carbonyl (C=O) groups excluding carboxylic acids is 1. The molecular weight excluding hydrogens is 210 g/mol. The van der Waals surface area contributed by atoms with Gasteiger partial charge < -0.3 is 5.73 Å². The molecular formula is C15H23NO. The van der Waals surface area contributed by atoms with Crippen molar-refractivity contribution in [2.24, 2.45) is 5.73 Å². The number of carbonyl (C=O) groups is 1. The third-order valence-electron chi connectivity index (χ3n) is 3.38. The van der Waals surface area contributed by atoms with Gasteiger partial charge in [-0.15, -0.1) is 0 Å². The highest BCUT2D eigenvalue weighted by atomic mass is 16.1. The fourth-order valence-electron chi connectivity index (χ4n) is 1.60. The van der Waals surface area contributed by atoms with Gasteiger partial charge in [-0.2, -0.15) is 0 Å². The molecule has 1 rings (SSSR count). The van der Waals surface area contributed by atoms with Crippen LogP contribution in [0.2, 0.25) is 0 Å². The van der Waals surface area contributed by atoms with Gasteiger partial charge in [0.05, 0.1) is 5.54 Å². The van der Waals surface area contributed by atoms with Crippen molar-refractivity contribution in [3.8, 4) is 0 Å². The summed E-state index contributed by atoms with van der Waals surface area (Å²) in [4.78, 5) is 12.0. The van der Waals surface area contributed by atoms with Gasteiger partial charge in [0.25, 0.3) is 0 Å². The van der Waals surface area contributed by atoms with Crippen molar-refractivity contribution in [1.82, 2.24) is 0 Å². The van der Waals surface area contributed by atoms with Gasteiger partial charge in [-0.05, 0) is 30.4 Å².